The van der Waals surface area contributed by atoms with Gasteiger partial charge in [0.05, 0.1) is 0 Å². The van der Waals surface area contributed by atoms with Crippen molar-refractivity contribution in [3.63, 3.8) is 0 Å². The van der Waals surface area contributed by atoms with Gasteiger partial charge < -0.3 is 0 Å². The molecule has 0 spiro atoms. The van der Waals surface area contributed by atoms with Crippen LogP contribution in [0.5, 0.6) is 0 Å². The van der Waals surface area contributed by atoms with Crippen LogP contribution < -0.4 is 0 Å². The van der Waals surface area contributed by atoms with Crippen LogP contribution in [-0.4, -0.2) is 9.52 Å². The molecule has 0 aromatic carbocycles. The molecule has 60 valence electrons. The zero-order chi connectivity index (χ0) is 7.61. The van der Waals surface area contributed by atoms with E-state index in [9.17, 15) is 0 Å². The zero-order valence-electron chi connectivity index (χ0n) is 7.61. The summed E-state index contributed by atoms with van der Waals surface area (Å²) < 4.78 is 0. The highest BCUT2D eigenvalue weighted by molar-refractivity contribution is 6.35. The molecule has 1 fully saturated rings. The second-order valence-electron chi connectivity index (χ2n) is 4.70. The van der Waals surface area contributed by atoms with Crippen molar-refractivity contribution >= 4 is 9.52 Å². The lowest BCUT2D eigenvalue weighted by Gasteiger charge is -2.33. The largest absolute Gasteiger partial charge is 0.0625 e. The Hall–Kier alpha value is 0.217. The molecule has 1 aliphatic heterocycles. The predicted molar refractivity (Wildman–Crippen MR) is 50.3 cm³/mol. The molecule has 1 aliphatic rings. The third-order valence-electron chi connectivity index (χ3n) is 2.83. The van der Waals surface area contributed by atoms with Gasteiger partial charge in [-0.05, 0) is 11.3 Å². The number of rotatable bonds is 0. The molecule has 0 amide bonds. The molecule has 0 aromatic heterocycles. The quantitative estimate of drug-likeness (QED) is 0.473. The fourth-order valence-electron chi connectivity index (χ4n) is 1.97. The molecule has 0 bridgehead atoms. The highest BCUT2D eigenvalue weighted by atomic mass is 28.2. The van der Waals surface area contributed by atoms with Gasteiger partial charge in [0.1, 0.15) is 0 Å². The van der Waals surface area contributed by atoms with Gasteiger partial charge in [-0.25, -0.2) is 0 Å². The SMILES string of the molecule is CC(C)(C)C1CC[SiH2]CC1. The van der Waals surface area contributed by atoms with Crippen molar-refractivity contribution in [1.82, 2.24) is 0 Å². The number of hydrogen-bond acceptors (Lipinski definition) is 0. The van der Waals surface area contributed by atoms with Gasteiger partial charge in [-0.2, -0.15) is 0 Å². The van der Waals surface area contributed by atoms with Crippen LogP contribution in [0.1, 0.15) is 33.6 Å². The normalized spacial score (nSPS) is 30.9. The van der Waals surface area contributed by atoms with Gasteiger partial charge in [0.2, 0.25) is 0 Å². The van der Waals surface area contributed by atoms with Crippen molar-refractivity contribution in [1.29, 1.82) is 0 Å². The van der Waals surface area contributed by atoms with Crippen LogP contribution in [0.2, 0.25) is 12.1 Å². The maximum absolute atomic E-state index is 2.39. The van der Waals surface area contributed by atoms with E-state index in [1.807, 2.05) is 0 Å². The Morgan fingerprint density at radius 2 is 1.60 bits per heavy atom. The smallest absolute Gasteiger partial charge is 0.0198 e. The highest BCUT2D eigenvalue weighted by Gasteiger charge is 2.25. The van der Waals surface area contributed by atoms with Crippen LogP contribution in [0.3, 0.4) is 0 Å². The van der Waals surface area contributed by atoms with E-state index in [2.05, 4.69) is 20.8 Å². The molecule has 1 heteroatoms. The topological polar surface area (TPSA) is 0 Å². The van der Waals surface area contributed by atoms with E-state index in [0.29, 0.717) is 14.9 Å². The Balaban J connectivity index is 2.39. The molecule has 10 heavy (non-hydrogen) atoms. The maximum atomic E-state index is 2.39. The molecule has 0 saturated carbocycles. The third kappa shape index (κ3) is 2.12. The van der Waals surface area contributed by atoms with Gasteiger partial charge in [0.15, 0.2) is 0 Å². The lowest BCUT2D eigenvalue weighted by molar-refractivity contribution is 0.220. The Kier molecular flexibility index (Phi) is 2.56. The Morgan fingerprint density at radius 1 is 1.10 bits per heavy atom. The first-order chi connectivity index (χ1) is 4.61. The van der Waals surface area contributed by atoms with Gasteiger partial charge >= 0.3 is 0 Å². The molecule has 1 saturated heterocycles. The van der Waals surface area contributed by atoms with Gasteiger partial charge in [-0.1, -0.05) is 45.7 Å². The minimum atomic E-state index is 0.419. The van der Waals surface area contributed by atoms with Crippen LogP contribution in [0, 0.1) is 11.3 Å². The van der Waals surface area contributed by atoms with Crippen molar-refractivity contribution in [2.24, 2.45) is 11.3 Å². The Morgan fingerprint density at radius 3 is 1.90 bits per heavy atom. The minimum Gasteiger partial charge on any atom is -0.0625 e. The summed E-state index contributed by atoms with van der Waals surface area (Å²) in [6, 6.07) is 3.23. The first-order valence-corrected chi connectivity index (χ1v) is 6.61. The van der Waals surface area contributed by atoms with Crippen LogP contribution in [0.4, 0.5) is 0 Å². The summed E-state index contributed by atoms with van der Waals surface area (Å²) in [5.74, 6) is 1.04. The summed E-state index contributed by atoms with van der Waals surface area (Å²) in [6.07, 6.45) is 3.07. The van der Waals surface area contributed by atoms with Gasteiger partial charge in [-0.3, -0.25) is 0 Å². The van der Waals surface area contributed by atoms with E-state index in [4.69, 9.17) is 0 Å². The molecular formula is C9H20Si. The van der Waals surface area contributed by atoms with Crippen LogP contribution >= 0.6 is 0 Å². The van der Waals surface area contributed by atoms with Gasteiger partial charge in [0.25, 0.3) is 0 Å². The van der Waals surface area contributed by atoms with Gasteiger partial charge in [0, 0.05) is 9.52 Å². The molecule has 0 radical (unpaired) electrons. The lowest BCUT2D eigenvalue weighted by Crippen LogP contribution is -2.23. The Labute approximate surface area is 67.2 Å². The summed E-state index contributed by atoms with van der Waals surface area (Å²) in [5, 5.41) is 0. The predicted octanol–water partition coefficient (Wildman–Crippen LogP) is 2.45. The van der Waals surface area contributed by atoms with Crippen molar-refractivity contribution in [3.8, 4) is 0 Å². The first kappa shape index (κ1) is 8.31. The lowest BCUT2D eigenvalue weighted by atomic mass is 9.77. The van der Waals surface area contributed by atoms with Crippen molar-refractivity contribution < 1.29 is 0 Å². The molecular weight excluding hydrogens is 136 g/mol. The molecule has 1 heterocycles. The average Bonchev–Trinajstić information content (AvgIpc) is 1.88. The van der Waals surface area contributed by atoms with Crippen LogP contribution in [-0.2, 0) is 0 Å². The van der Waals surface area contributed by atoms with Crippen LogP contribution in [0.25, 0.3) is 0 Å². The molecule has 0 N–H and O–H groups in total. The van der Waals surface area contributed by atoms with Crippen molar-refractivity contribution in [2.45, 2.75) is 45.7 Å². The van der Waals surface area contributed by atoms with Crippen molar-refractivity contribution in [3.05, 3.63) is 0 Å². The van der Waals surface area contributed by atoms with E-state index in [1.54, 1.807) is 12.1 Å². The van der Waals surface area contributed by atoms with E-state index in [-0.39, 0.29) is 0 Å². The van der Waals surface area contributed by atoms with E-state index >= 15 is 0 Å². The zero-order valence-corrected chi connectivity index (χ0v) is 9.03. The van der Waals surface area contributed by atoms with Crippen LogP contribution in [0.15, 0.2) is 0 Å². The maximum Gasteiger partial charge on any atom is 0.0198 e. The third-order valence-corrected chi connectivity index (χ3v) is 4.65. The summed E-state index contributed by atoms with van der Waals surface area (Å²) >= 11 is 0. The molecule has 0 nitrogen and oxygen atoms in total. The molecule has 0 aromatic rings. The molecule has 0 aliphatic carbocycles. The van der Waals surface area contributed by atoms with Gasteiger partial charge in [-0.15, -0.1) is 0 Å². The van der Waals surface area contributed by atoms with E-state index in [1.165, 1.54) is 12.8 Å². The standard InChI is InChI=1S/C9H20Si/c1-9(2,3)8-4-6-10-7-5-8/h8H,4-7,10H2,1-3H3. The summed E-state index contributed by atoms with van der Waals surface area (Å²) in [6.45, 7) is 7.18. The molecule has 0 atom stereocenters. The second-order valence-corrected chi connectivity index (χ2v) is 6.82. The average molecular weight is 156 g/mol. The number of hydrogen-bond donors (Lipinski definition) is 0. The summed E-state index contributed by atoms with van der Waals surface area (Å²) in [4.78, 5) is 0. The monoisotopic (exact) mass is 156 g/mol. The first-order valence-electron chi connectivity index (χ1n) is 4.61. The van der Waals surface area contributed by atoms with Crippen molar-refractivity contribution in [2.75, 3.05) is 0 Å². The summed E-state index contributed by atoms with van der Waals surface area (Å²) in [7, 11) is 0.419. The minimum absolute atomic E-state index is 0.419. The molecule has 0 unspecified atom stereocenters. The van der Waals surface area contributed by atoms with E-state index in [0.717, 1.165) is 5.92 Å². The molecule has 1 rings (SSSR count). The second kappa shape index (κ2) is 3.08. The fourth-order valence-corrected chi connectivity index (χ4v) is 3.89. The summed E-state index contributed by atoms with van der Waals surface area (Å²) in [5.41, 5.74) is 0.592. The highest BCUT2D eigenvalue weighted by Crippen LogP contribution is 2.36. The van der Waals surface area contributed by atoms with E-state index < -0.39 is 0 Å². The Bertz CT molecular complexity index is 95.8. The fraction of sp³-hybridized carbons (Fsp3) is 1.00.